The van der Waals surface area contributed by atoms with Crippen LogP contribution in [0.2, 0.25) is 0 Å². The van der Waals surface area contributed by atoms with Gasteiger partial charge in [0.1, 0.15) is 11.3 Å². The van der Waals surface area contributed by atoms with Gasteiger partial charge in [0.15, 0.2) is 5.43 Å². The van der Waals surface area contributed by atoms with Crippen molar-refractivity contribution < 1.29 is 23.5 Å². The van der Waals surface area contributed by atoms with Crippen LogP contribution in [-0.4, -0.2) is 25.1 Å². The molecule has 0 fully saturated rings. The Morgan fingerprint density at radius 2 is 1.75 bits per heavy atom. The molecule has 0 N–H and O–H groups in total. The van der Waals surface area contributed by atoms with Gasteiger partial charge >= 0.3 is 5.97 Å². The smallest absolute Gasteiger partial charge is 0.338 e. The van der Waals surface area contributed by atoms with Crippen LogP contribution in [0.25, 0.3) is 11.0 Å². The molecule has 7 heteroatoms. The molecule has 5 rings (SSSR count). The Morgan fingerprint density at radius 3 is 2.50 bits per heavy atom. The van der Waals surface area contributed by atoms with Gasteiger partial charge in [-0.1, -0.05) is 31.2 Å². The van der Waals surface area contributed by atoms with Crippen LogP contribution < -0.4 is 15.1 Å². The molecule has 1 aliphatic rings. The van der Waals surface area contributed by atoms with Crippen molar-refractivity contribution in [2.75, 3.05) is 18.1 Å². The summed E-state index contributed by atoms with van der Waals surface area (Å²) >= 11 is 0. The predicted molar refractivity (Wildman–Crippen MR) is 136 cm³/mol. The number of rotatable bonds is 7. The largest absolute Gasteiger partial charge is 0.494 e. The van der Waals surface area contributed by atoms with E-state index in [1.165, 1.54) is 4.90 Å². The Bertz CT molecular complexity index is 1500. The molecule has 0 aliphatic carbocycles. The van der Waals surface area contributed by atoms with E-state index in [1.807, 2.05) is 31.2 Å². The van der Waals surface area contributed by atoms with Crippen LogP contribution in [0.3, 0.4) is 0 Å². The summed E-state index contributed by atoms with van der Waals surface area (Å²) in [5, 5.41) is 0.409. The minimum absolute atomic E-state index is 0.0121. The summed E-state index contributed by atoms with van der Waals surface area (Å²) in [5.74, 6) is -0.210. The van der Waals surface area contributed by atoms with Crippen molar-refractivity contribution in [1.29, 1.82) is 0 Å². The van der Waals surface area contributed by atoms with Crippen LogP contribution in [-0.2, 0) is 4.74 Å². The first kappa shape index (κ1) is 23.4. The molecule has 0 bridgehead atoms. The van der Waals surface area contributed by atoms with Crippen LogP contribution >= 0.6 is 0 Å². The van der Waals surface area contributed by atoms with E-state index in [0.717, 1.165) is 6.42 Å². The molecule has 1 unspecified atom stereocenters. The lowest BCUT2D eigenvalue weighted by atomic mass is 9.98. The van der Waals surface area contributed by atoms with E-state index in [1.54, 1.807) is 55.5 Å². The van der Waals surface area contributed by atoms with E-state index in [4.69, 9.17) is 13.9 Å². The number of hydrogen-bond donors (Lipinski definition) is 0. The molecule has 1 atom stereocenters. The van der Waals surface area contributed by atoms with Gasteiger partial charge in [-0.25, -0.2) is 4.79 Å². The SMILES string of the molecule is CCCOc1cccc(C2c3c(oc4ccccc4c3=O)C(=O)N2c2ccc(C(=O)OCC)cc2)c1. The maximum Gasteiger partial charge on any atom is 0.338 e. The van der Waals surface area contributed by atoms with Gasteiger partial charge in [0, 0.05) is 5.69 Å². The van der Waals surface area contributed by atoms with E-state index in [0.29, 0.717) is 40.1 Å². The van der Waals surface area contributed by atoms with Gasteiger partial charge in [-0.3, -0.25) is 14.5 Å². The predicted octanol–water partition coefficient (Wildman–Crippen LogP) is 5.51. The lowest BCUT2D eigenvalue weighted by molar-refractivity contribution is 0.0526. The fourth-order valence-electron chi connectivity index (χ4n) is 4.47. The summed E-state index contributed by atoms with van der Waals surface area (Å²) in [5.41, 5.74) is 1.99. The summed E-state index contributed by atoms with van der Waals surface area (Å²) in [6.45, 7) is 4.58. The average molecular weight is 484 g/mol. The molecule has 2 heterocycles. The van der Waals surface area contributed by atoms with Gasteiger partial charge in [0.2, 0.25) is 5.76 Å². The van der Waals surface area contributed by atoms with Crippen molar-refractivity contribution in [3.05, 3.63) is 105 Å². The molecule has 7 nitrogen and oxygen atoms in total. The second kappa shape index (κ2) is 9.70. The first-order valence-electron chi connectivity index (χ1n) is 11.9. The number of fused-ring (bicyclic) bond motifs is 2. The Morgan fingerprint density at radius 1 is 0.972 bits per heavy atom. The molecule has 0 saturated carbocycles. The van der Waals surface area contributed by atoms with Crippen LogP contribution in [0, 0.1) is 0 Å². The monoisotopic (exact) mass is 483 g/mol. The first-order valence-corrected chi connectivity index (χ1v) is 11.9. The van der Waals surface area contributed by atoms with Gasteiger partial charge in [0.05, 0.1) is 35.8 Å². The molecule has 36 heavy (non-hydrogen) atoms. The molecule has 1 aliphatic heterocycles. The number of para-hydroxylation sites is 1. The number of esters is 1. The molecule has 1 amide bonds. The average Bonchev–Trinajstić information content (AvgIpc) is 3.20. The van der Waals surface area contributed by atoms with Gasteiger partial charge in [-0.05, 0) is 67.4 Å². The normalized spacial score (nSPS) is 14.7. The minimum atomic E-state index is -0.730. The molecule has 4 aromatic rings. The highest BCUT2D eigenvalue weighted by Crippen LogP contribution is 2.42. The molecular formula is C29H25NO6. The quantitative estimate of drug-likeness (QED) is 0.322. The van der Waals surface area contributed by atoms with Crippen LogP contribution in [0.1, 0.15) is 58.3 Å². The van der Waals surface area contributed by atoms with Crippen LogP contribution in [0.4, 0.5) is 5.69 Å². The second-order valence-corrected chi connectivity index (χ2v) is 8.44. The zero-order chi connectivity index (χ0) is 25.2. The zero-order valence-electron chi connectivity index (χ0n) is 20.0. The topological polar surface area (TPSA) is 86.0 Å². The van der Waals surface area contributed by atoms with Crippen LogP contribution in [0.5, 0.6) is 5.75 Å². The lowest BCUT2D eigenvalue weighted by Crippen LogP contribution is -2.29. The van der Waals surface area contributed by atoms with Crippen molar-refractivity contribution in [2.24, 2.45) is 0 Å². The summed E-state index contributed by atoms with van der Waals surface area (Å²) in [4.78, 5) is 41.1. The standard InChI is InChI=1S/C29H25NO6/c1-3-16-35-21-9-7-8-19(17-21)25-24-26(31)22-10-5-6-11-23(22)36-27(24)28(32)30(25)20-14-12-18(13-15-20)29(33)34-4-2/h5-15,17,25H,3-4,16H2,1-2H3. The zero-order valence-corrected chi connectivity index (χ0v) is 20.0. The summed E-state index contributed by atoms with van der Waals surface area (Å²) in [6.07, 6.45) is 0.851. The fraction of sp³-hybridized carbons (Fsp3) is 0.207. The van der Waals surface area contributed by atoms with Crippen molar-refractivity contribution in [2.45, 2.75) is 26.3 Å². The van der Waals surface area contributed by atoms with Crippen molar-refractivity contribution in [1.82, 2.24) is 0 Å². The Balaban J connectivity index is 1.67. The number of nitrogens with zero attached hydrogens (tertiary/aromatic N) is 1. The van der Waals surface area contributed by atoms with Gasteiger partial charge < -0.3 is 13.9 Å². The maximum atomic E-state index is 13.7. The third-order valence-electron chi connectivity index (χ3n) is 6.08. The third-order valence-corrected chi connectivity index (χ3v) is 6.08. The van der Waals surface area contributed by atoms with Crippen LogP contribution in [0.15, 0.2) is 82.0 Å². The maximum absolute atomic E-state index is 13.7. The number of benzene rings is 3. The highest BCUT2D eigenvalue weighted by atomic mass is 16.5. The molecule has 0 radical (unpaired) electrons. The second-order valence-electron chi connectivity index (χ2n) is 8.44. The molecule has 182 valence electrons. The third kappa shape index (κ3) is 4.02. The summed E-state index contributed by atoms with van der Waals surface area (Å²) < 4.78 is 16.9. The Labute approximate surface area is 207 Å². The Hall–Kier alpha value is -4.39. The first-order chi connectivity index (χ1) is 17.5. The fourth-order valence-corrected chi connectivity index (χ4v) is 4.47. The summed E-state index contributed by atoms with van der Waals surface area (Å²) in [6, 6.07) is 20.1. The number of carbonyl (C=O) groups is 2. The number of hydrogen-bond acceptors (Lipinski definition) is 6. The highest BCUT2D eigenvalue weighted by Gasteiger charge is 2.43. The molecular weight excluding hydrogens is 458 g/mol. The van der Waals surface area contributed by atoms with E-state index in [-0.39, 0.29) is 23.4 Å². The van der Waals surface area contributed by atoms with Crippen molar-refractivity contribution in [3.63, 3.8) is 0 Å². The van der Waals surface area contributed by atoms with Gasteiger partial charge in [-0.2, -0.15) is 0 Å². The highest BCUT2D eigenvalue weighted by molar-refractivity contribution is 6.10. The molecule has 1 aromatic heterocycles. The molecule has 0 spiro atoms. The van der Waals surface area contributed by atoms with E-state index < -0.39 is 17.9 Å². The molecule has 0 saturated heterocycles. The van der Waals surface area contributed by atoms with E-state index >= 15 is 0 Å². The van der Waals surface area contributed by atoms with Gasteiger partial charge in [-0.15, -0.1) is 0 Å². The molecule has 3 aromatic carbocycles. The minimum Gasteiger partial charge on any atom is -0.494 e. The van der Waals surface area contributed by atoms with E-state index in [9.17, 15) is 14.4 Å². The van der Waals surface area contributed by atoms with Crippen molar-refractivity contribution in [3.8, 4) is 5.75 Å². The number of carbonyl (C=O) groups excluding carboxylic acids is 2. The number of amides is 1. The van der Waals surface area contributed by atoms with Crippen molar-refractivity contribution >= 4 is 28.5 Å². The summed E-state index contributed by atoms with van der Waals surface area (Å²) in [7, 11) is 0. The van der Waals surface area contributed by atoms with E-state index in [2.05, 4.69) is 0 Å². The number of anilines is 1. The number of ether oxygens (including phenoxy) is 2. The van der Waals surface area contributed by atoms with Gasteiger partial charge in [0.25, 0.3) is 5.91 Å². The Kier molecular flexibility index (Phi) is 6.29. The lowest BCUT2D eigenvalue weighted by Gasteiger charge is -2.25.